The zero-order valence-corrected chi connectivity index (χ0v) is 12.2. The molecule has 0 saturated carbocycles. The van der Waals surface area contributed by atoms with Crippen molar-refractivity contribution in [1.29, 1.82) is 0 Å². The Labute approximate surface area is 117 Å². The summed E-state index contributed by atoms with van der Waals surface area (Å²) in [7, 11) is 0. The second-order valence-electron chi connectivity index (χ2n) is 5.22. The Balaban J connectivity index is 2.08. The van der Waals surface area contributed by atoms with Crippen LogP contribution in [0.2, 0.25) is 0 Å². The molecule has 0 radical (unpaired) electrons. The van der Waals surface area contributed by atoms with E-state index in [0.29, 0.717) is 6.04 Å². The van der Waals surface area contributed by atoms with Crippen LogP contribution in [0.4, 0.5) is 0 Å². The molecule has 0 spiro atoms. The van der Waals surface area contributed by atoms with Crippen molar-refractivity contribution in [2.45, 2.75) is 45.6 Å². The van der Waals surface area contributed by atoms with Crippen LogP contribution in [0, 0.1) is 0 Å². The molecule has 1 atom stereocenters. The van der Waals surface area contributed by atoms with Crippen LogP contribution >= 0.6 is 0 Å². The summed E-state index contributed by atoms with van der Waals surface area (Å²) in [6, 6.07) is 16.0. The normalized spacial score (nSPS) is 12.7. The third-order valence-corrected chi connectivity index (χ3v) is 3.77. The Kier molecular flexibility index (Phi) is 5.41. The van der Waals surface area contributed by atoms with Crippen LogP contribution in [0.5, 0.6) is 0 Å². The number of nitrogens with one attached hydrogen (secondary N) is 1. The van der Waals surface area contributed by atoms with Crippen molar-refractivity contribution in [3.8, 4) is 0 Å². The molecule has 2 aromatic carbocycles. The molecule has 0 amide bonds. The lowest BCUT2D eigenvalue weighted by molar-refractivity contribution is 0.460. The van der Waals surface area contributed by atoms with Gasteiger partial charge in [0.25, 0.3) is 0 Å². The van der Waals surface area contributed by atoms with E-state index in [1.165, 1.54) is 42.0 Å². The first-order chi connectivity index (χ1) is 9.35. The van der Waals surface area contributed by atoms with E-state index in [-0.39, 0.29) is 0 Å². The van der Waals surface area contributed by atoms with Crippen LogP contribution in [0.25, 0.3) is 10.8 Å². The minimum Gasteiger partial charge on any atom is -0.314 e. The van der Waals surface area contributed by atoms with Crippen molar-refractivity contribution in [1.82, 2.24) is 5.32 Å². The van der Waals surface area contributed by atoms with Gasteiger partial charge in [0.15, 0.2) is 0 Å². The van der Waals surface area contributed by atoms with Crippen molar-refractivity contribution < 1.29 is 0 Å². The average molecular weight is 255 g/mol. The molecule has 0 heterocycles. The lowest BCUT2D eigenvalue weighted by atomic mass is 9.97. The molecule has 0 fully saturated rings. The van der Waals surface area contributed by atoms with Crippen LogP contribution in [-0.4, -0.2) is 12.6 Å². The van der Waals surface area contributed by atoms with Gasteiger partial charge >= 0.3 is 0 Å². The number of rotatable bonds is 7. The van der Waals surface area contributed by atoms with E-state index < -0.39 is 0 Å². The lowest BCUT2D eigenvalue weighted by Gasteiger charge is -2.17. The van der Waals surface area contributed by atoms with Gasteiger partial charge in [-0.25, -0.2) is 0 Å². The van der Waals surface area contributed by atoms with Crippen LogP contribution in [0.3, 0.4) is 0 Å². The molecule has 0 bridgehead atoms. The fourth-order valence-corrected chi connectivity index (χ4v) is 2.83. The monoisotopic (exact) mass is 255 g/mol. The van der Waals surface area contributed by atoms with Gasteiger partial charge in [0, 0.05) is 6.04 Å². The minimum atomic E-state index is 0.661. The third-order valence-electron chi connectivity index (χ3n) is 3.77. The van der Waals surface area contributed by atoms with E-state index in [0.717, 1.165) is 6.54 Å². The molecule has 1 heteroatoms. The van der Waals surface area contributed by atoms with E-state index in [1.54, 1.807) is 0 Å². The summed E-state index contributed by atoms with van der Waals surface area (Å²) in [5, 5.41) is 6.37. The first-order valence-electron chi connectivity index (χ1n) is 7.55. The van der Waals surface area contributed by atoms with Gasteiger partial charge in [-0.15, -0.1) is 0 Å². The summed E-state index contributed by atoms with van der Waals surface area (Å²) in [5.41, 5.74) is 1.48. The highest BCUT2D eigenvalue weighted by atomic mass is 14.9. The lowest BCUT2D eigenvalue weighted by Crippen LogP contribution is -2.29. The van der Waals surface area contributed by atoms with E-state index in [2.05, 4.69) is 61.6 Å². The maximum absolute atomic E-state index is 3.60. The fourth-order valence-electron chi connectivity index (χ4n) is 2.83. The molecule has 1 N–H and O–H groups in total. The predicted octanol–water partition coefficient (Wildman–Crippen LogP) is 4.55. The van der Waals surface area contributed by atoms with Crippen LogP contribution in [-0.2, 0) is 6.42 Å². The van der Waals surface area contributed by atoms with E-state index in [4.69, 9.17) is 0 Å². The van der Waals surface area contributed by atoms with E-state index in [9.17, 15) is 0 Å². The maximum atomic E-state index is 3.60. The molecule has 2 rings (SSSR count). The third kappa shape index (κ3) is 3.81. The molecule has 2 aromatic rings. The molecule has 0 aliphatic carbocycles. The standard InChI is InChI=1S/C18H25N/c1-3-8-17(19-4-2)14-13-16-11-7-10-15-9-5-6-12-18(15)16/h5-7,9-12,17,19H,3-4,8,13-14H2,1-2H3. The van der Waals surface area contributed by atoms with Crippen molar-refractivity contribution in [3.63, 3.8) is 0 Å². The smallest absolute Gasteiger partial charge is 0.00700 e. The van der Waals surface area contributed by atoms with Gasteiger partial charge in [0.1, 0.15) is 0 Å². The second kappa shape index (κ2) is 7.30. The Hall–Kier alpha value is -1.34. The number of hydrogen-bond acceptors (Lipinski definition) is 1. The number of benzene rings is 2. The first kappa shape index (κ1) is 14.1. The molecule has 1 unspecified atom stereocenters. The summed E-state index contributed by atoms with van der Waals surface area (Å²) >= 11 is 0. The van der Waals surface area contributed by atoms with Gasteiger partial charge in [-0.3, -0.25) is 0 Å². The van der Waals surface area contributed by atoms with Gasteiger partial charge in [-0.05, 0) is 42.1 Å². The highest BCUT2D eigenvalue weighted by molar-refractivity contribution is 5.85. The number of hydrogen-bond donors (Lipinski definition) is 1. The van der Waals surface area contributed by atoms with Crippen molar-refractivity contribution in [3.05, 3.63) is 48.0 Å². The first-order valence-corrected chi connectivity index (χ1v) is 7.55. The summed E-state index contributed by atoms with van der Waals surface area (Å²) in [6.07, 6.45) is 4.93. The van der Waals surface area contributed by atoms with Crippen LogP contribution in [0.1, 0.15) is 38.7 Å². The Morgan fingerprint density at radius 3 is 2.53 bits per heavy atom. The van der Waals surface area contributed by atoms with Crippen LogP contribution < -0.4 is 5.32 Å². The molecular weight excluding hydrogens is 230 g/mol. The molecular formula is C18H25N. The Bertz CT molecular complexity index is 493. The predicted molar refractivity (Wildman–Crippen MR) is 84.6 cm³/mol. The minimum absolute atomic E-state index is 0.661. The summed E-state index contributed by atoms with van der Waals surface area (Å²) < 4.78 is 0. The molecule has 0 saturated heterocycles. The Morgan fingerprint density at radius 2 is 1.74 bits per heavy atom. The fraction of sp³-hybridized carbons (Fsp3) is 0.444. The van der Waals surface area contributed by atoms with Crippen molar-refractivity contribution in [2.24, 2.45) is 0 Å². The number of aryl methyl sites for hydroxylation is 1. The number of fused-ring (bicyclic) bond motifs is 1. The van der Waals surface area contributed by atoms with Crippen LogP contribution in [0.15, 0.2) is 42.5 Å². The average Bonchev–Trinajstić information content (AvgIpc) is 2.45. The van der Waals surface area contributed by atoms with E-state index in [1.807, 2.05) is 0 Å². The van der Waals surface area contributed by atoms with Gasteiger partial charge in [-0.2, -0.15) is 0 Å². The molecule has 0 aromatic heterocycles. The highest BCUT2D eigenvalue weighted by Crippen LogP contribution is 2.20. The van der Waals surface area contributed by atoms with Gasteiger partial charge in [0.2, 0.25) is 0 Å². The molecule has 1 nitrogen and oxygen atoms in total. The second-order valence-corrected chi connectivity index (χ2v) is 5.22. The summed E-state index contributed by atoms with van der Waals surface area (Å²) in [4.78, 5) is 0. The van der Waals surface area contributed by atoms with E-state index >= 15 is 0 Å². The Morgan fingerprint density at radius 1 is 0.947 bits per heavy atom. The molecule has 102 valence electrons. The maximum Gasteiger partial charge on any atom is 0.00700 e. The topological polar surface area (TPSA) is 12.0 Å². The van der Waals surface area contributed by atoms with Gasteiger partial charge < -0.3 is 5.32 Å². The summed E-state index contributed by atoms with van der Waals surface area (Å²) in [6.45, 7) is 5.53. The largest absolute Gasteiger partial charge is 0.314 e. The van der Waals surface area contributed by atoms with Crippen molar-refractivity contribution in [2.75, 3.05) is 6.54 Å². The molecule has 0 aliphatic heterocycles. The van der Waals surface area contributed by atoms with Gasteiger partial charge in [-0.1, -0.05) is 62.7 Å². The molecule has 19 heavy (non-hydrogen) atoms. The molecule has 0 aliphatic rings. The SMILES string of the molecule is CCCC(CCc1cccc2ccccc12)NCC. The highest BCUT2D eigenvalue weighted by Gasteiger charge is 2.07. The summed E-state index contributed by atoms with van der Waals surface area (Å²) in [5.74, 6) is 0. The zero-order valence-electron chi connectivity index (χ0n) is 12.2. The van der Waals surface area contributed by atoms with Crippen molar-refractivity contribution >= 4 is 10.8 Å². The zero-order chi connectivity index (χ0) is 13.5. The quantitative estimate of drug-likeness (QED) is 0.765. The van der Waals surface area contributed by atoms with Gasteiger partial charge in [0.05, 0.1) is 0 Å².